The number of rotatable bonds is 15. The highest BCUT2D eigenvalue weighted by Crippen LogP contribution is 2.07. The van der Waals surface area contributed by atoms with E-state index in [0.717, 1.165) is 0 Å². The zero-order valence-electron chi connectivity index (χ0n) is 19.8. The molecule has 192 valence electrons. The maximum atomic E-state index is 12.9. The Bertz CT molecular complexity index is 800. The number of aliphatic hydroxyl groups is 1. The van der Waals surface area contributed by atoms with E-state index in [1.165, 1.54) is 19.4 Å². The van der Waals surface area contributed by atoms with Gasteiger partial charge >= 0.3 is 5.97 Å². The van der Waals surface area contributed by atoms with Crippen LogP contribution >= 0.6 is 0 Å². The summed E-state index contributed by atoms with van der Waals surface area (Å²) in [6.07, 6.45) is 3.12. The number of carbonyl (C=O) groups excluding carboxylic acids is 3. The van der Waals surface area contributed by atoms with Crippen LogP contribution < -0.4 is 27.4 Å². The molecule has 10 N–H and O–H groups in total. The fourth-order valence-electron chi connectivity index (χ4n) is 3.18. The van der Waals surface area contributed by atoms with Crippen molar-refractivity contribution in [3.05, 3.63) is 18.2 Å². The maximum absolute atomic E-state index is 12.9. The first-order valence-corrected chi connectivity index (χ1v) is 11.2. The van der Waals surface area contributed by atoms with Gasteiger partial charge in [0.1, 0.15) is 18.1 Å². The number of aliphatic carboxylic acids is 1. The van der Waals surface area contributed by atoms with Crippen LogP contribution in [0.4, 0.5) is 0 Å². The molecule has 5 atom stereocenters. The van der Waals surface area contributed by atoms with E-state index in [0.29, 0.717) is 25.1 Å². The highest BCUT2D eigenvalue weighted by Gasteiger charge is 2.33. The molecule has 1 heterocycles. The summed E-state index contributed by atoms with van der Waals surface area (Å²) in [5.74, 6) is -3.77. The zero-order valence-corrected chi connectivity index (χ0v) is 19.8. The smallest absolute Gasteiger partial charge is 0.326 e. The number of imidazole rings is 1. The van der Waals surface area contributed by atoms with Crippen molar-refractivity contribution in [2.24, 2.45) is 17.4 Å². The van der Waals surface area contributed by atoms with Gasteiger partial charge in [-0.2, -0.15) is 0 Å². The number of hydrogen-bond donors (Lipinski definition) is 8. The predicted octanol–water partition coefficient (Wildman–Crippen LogP) is -2.02. The Morgan fingerprint density at radius 2 is 1.65 bits per heavy atom. The van der Waals surface area contributed by atoms with Crippen LogP contribution in [0.5, 0.6) is 0 Å². The van der Waals surface area contributed by atoms with Crippen LogP contribution in [0.25, 0.3) is 0 Å². The van der Waals surface area contributed by atoms with Crippen LogP contribution in [0.15, 0.2) is 12.5 Å². The molecule has 0 spiro atoms. The minimum absolute atomic E-state index is 0.137. The lowest BCUT2D eigenvalue weighted by Gasteiger charge is -2.28. The van der Waals surface area contributed by atoms with Crippen molar-refractivity contribution in [2.45, 2.75) is 76.7 Å². The molecule has 0 aliphatic heterocycles. The molecule has 0 aliphatic carbocycles. The first kappa shape index (κ1) is 29.0. The number of nitrogens with zero attached hydrogens (tertiary/aromatic N) is 1. The Morgan fingerprint density at radius 1 is 1.03 bits per heavy atom. The molecule has 3 amide bonds. The van der Waals surface area contributed by atoms with E-state index in [-0.39, 0.29) is 12.8 Å². The topological polar surface area (TPSA) is 226 Å². The quantitative estimate of drug-likeness (QED) is 0.129. The zero-order chi connectivity index (χ0) is 25.8. The van der Waals surface area contributed by atoms with Gasteiger partial charge in [0.05, 0.1) is 18.5 Å². The number of nitrogens with one attached hydrogen (secondary N) is 4. The van der Waals surface area contributed by atoms with E-state index in [4.69, 9.17) is 11.5 Å². The number of carboxylic acids is 1. The molecule has 34 heavy (non-hydrogen) atoms. The van der Waals surface area contributed by atoms with Gasteiger partial charge in [0.2, 0.25) is 17.7 Å². The van der Waals surface area contributed by atoms with E-state index in [1.807, 2.05) is 0 Å². The molecule has 1 aromatic rings. The minimum Gasteiger partial charge on any atom is -0.480 e. The first-order chi connectivity index (χ1) is 16.0. The number of aromatic amines is 1. The lowest BCUT2D eigenvalue weighted by Crippen LogP contribution is -2.60. The van der Waals surface area contributed by atoms with E-state index >= 15 is 0 Å². The fourth-order valence-corrected chi connectivity index (χ4v) is 3.18. The molecule has 5 unspecified atom stereocenters. The molecule has 0 saturated carbocycles. The number of carbonyl (C=O) groups is 4. The van der Waals surface area contributed by atoms with Gasteiger partial charge in [-0.05, 0) is 38.6 Å². The van der Waals surface area contributed by atoms with Gasteiger partial charge in [-0.3, -0.25) is 14.4 Å². The average Bonchev–Trinajstić information content (AvgIpc) is 3.27. The Balaban J connectivity index is 2.83. The van der Waals surface area contributed by atoms with E-state index in [2.05, 4.69) is 25.9 Å². The molecule has 0 bridgehead atoms. The van der Waals surface area contributed by atoms with Crippen molar-refractivity contribution in [1.29, 1.82) is 0 Å². The van der Waals surface area contributed by atoms with Crippen LogP contribution in [0.1, 0.15) is 45.7 Å². The molecule has 0 aromatic carbocycles. The molecule has 0 aliphatic rings. The first-order valence-electron chi connectivity index (χ1n) is 11.2. The van der Waals surface area contributed by atoms with Crippen LogP contribution in [-0.4, -0.2) is 80.7 Å². The lowest BCUT2D eigenvalue weighted by atomic mass is 10.0. The number of nitrogens with two attached hydrogens (primary N) is 2. The van der Waals surface area contributed by atoms with Crippen molar-refractivity contribution in [3.8, 4) is 0 Å². The third-order valence-electron chi connectivity index (χ3n) is 5.20. The van der Waals surface area contributed by atoms with Gasteiger partial charge in [0.25, 0.3) is 0 Å². The van der Waals surface area contributed by atoms with Crippen molar-refractivity contribution < 1.29 is 29.4 Å². The largest absolute Gasteiger partial charge is 0.480 e. The summed E-state index contributed by atoms with van der Waals surface area (Å²) in [5.41, 5.74) is 11.9. The summed E-state index contributed by atoms with van der Waals surface area (Å²) in [4.78, 5) is 56.3. The van der Waals surface area contributed by atoms with Crippen molar-refractivity contribution >= 4 is 23.7 Å². The normalized spacial score (nSPS) is 15.6. The summed E-state index contributed by atoms with van der Waals surface area (Å²) in [6, 6.07) is -4.62. The van der Waals surface area contributed by atoms with Crippen LogP contribution in [0.2, 0.25) is 0 Å². The molecule has 13 nitrogen and oxygen atoms in total. The van der Waals surface area contributed by atoms with E-state index < -0.39 is 59.9 Å². The SMILES string of the molecule is CC(C)C(NC(=O)C(NC(=O)C(N)Cc1cnc[nH]1)C(C)O)C(=O)NC(CCCCN)C(=O)O. The van der Waals surface area contributed by atoms with Crippen molar-refractivity contribution in [1.82, 2.24) is 25.9 Å². The maximum Gasteiger partial charge on any atom is 0.326 e. The Morgan fingerprint density at radius 3 is 2.15 bits per heavy atom. The Kier molecular flexibility index (Phi) is 12.2. The van der Waals surface area contributed by atoms with Crippen LogP contribution in [0.3, 0.4) is 0 Å². The van der Waals surface area contributed by atoms with Gasteiger partial charge in [-0.1, -0.05) is 13.8 Å². The van der Waals surface area contributed by atoms with E-state index in [1.54, 1.807) is 13.8 Å². The lowest BCUT2D eigenvalue weighted by molar-refractivity contribution is -0.143. The second-order valence-electron chi connectivity index (χ2n) is 8.53. The number of aromatic nitrogens is 2. The van der Waals surface area contributed by atoms with Gasteiger partial charge in [-0.15, -0.1) is 0 Å². The minimum atomic E-state index is -1.38. The number of H-pyrrole nitrogens is 1. The molecular weight excluding hydrogens is 446 g/mol. The molecule has 13 heteroatoms. The highest BCUT2D eigenvalue weighted by atomic mass is 16.4. The summed E-state index contributed by atoms with van der Waals surface area (Å²) in [7, 11) is 0. The van der Waals surface area contributed by atoms with Gasteiger partial charge in [-0.25, -0.2) is 9.78 Å². The monoisotopic (exact) mass is 483 g/mol. The number of aliphatic hydroxyl groups excluding tert-OH is 1. The molecule has 0 fully saturated rings. The summed E-state index contributed by atoms with van der Waals surface area (Å²) in [5, 5.41) is 26.8. The predicted molar refractivity (Wildman–Crippen MR) is 123 cm³/mol. The van der Waals surface area contributed by atoms with Gasteiger partial charge in [0.15, 0.2) is 0 Å². The van der Waals surface area contributed by atoms with Gasteiger partial charge in [0, 0.05) is 18.3 Å². The summed E-state index contributed by atoms with van der Waals surface area (Å²) < 4.78 is 0. The average molecular weight is 484 g/mol. The van der Waals surface area contributed by atoms with Crippen LogP contribution in [-0.2, 0) is 25.6 Å². The second-order valence-corrected chi connectivity index (χ2v) is 8.53. The highest BCUT2D eigenvalue weighted by molar-refractivity contribution is 5.94. The van der Waals surface area contributed by atoms with E-state index in [9.17, 15) is 29.4 Å². The molecule has 0 saturated heterocycles. The molecule has 1 aromatic heterocycles. The summed E-state index contributed by atoms with van der Waals surface area (Å²) >= 11 is 0. The number of unbranched alkanes of at least 4 members (excludes halogenated alkanes) is 1. The third kappa shape index (κ3) is 9.45. The van der Waals surface area contributed by atoms with Crippen molar-refractivity contribution in [2.75, 3.05) is 6.54 Å². The Hall–Kier alpha value is -3.03. The fraction of sp³-hybridized carbons (Fsp3) is 0.667. The Labute approximate surface area is 198 Å². The molecule has 0 radical (unpaired) electrons. The third-order valence-corrected chi connectivity index (χ3v) is 5.20. The number of carboxylic acid groups (broad SMARTS) is 1. The second kappa shape index (κ2) is 14.3. The standard InChI is InChI=1S/C21H37N7O6/c1-11(2)16(19(31)26-15(21(33)34)6-4-5-7-22)27-20(32)17(12(3)29)28-18(30)14(23)8-13-9-24-10-25-13/h9-12,14-17,29H,4-8,22-23H2,1-3H3,(H,24,25)(H,26,31)(H,27,32)(H,28,30)(H,33,34). The number of amides is 3. The van der Waals surface area contributed by atoms with Gasteiger partial charge < -0.3 is 42.6 Å². The molecule has 1 rings (SSSR count). The molecular formula is C21H37N7O6. The van der Waals surface area contributed by atoms with Crippen LogP contribution in [0, 0.1) is 5.92 Å². The summed E-state index contributed by atoms with van der Waals surface area (Å²) in [6.45, 7) is 5.06. The van der Waals surface area contributed by atoms with Crippen molar-refractivity contribution in [3.63, 3.8) is 0 Å². The number of hydrogen-bond acceptors (Lipinski definition) is 8.